The number of hydrogen-bond donors (Lipinski definition) is 1. The Balaban J connectivity index is 2.20. The average molecular weight is 295 g/mol. The molecule has 0 saturated heterocycles. The molecular weight excluding hydrogens is 287 g/mol. The zero-order chi connectivity index (χ0) is 13.6. The van der Waals surface area contributed by atoms with Crippen molar-refractivity contribution in [1.82, 2.24) is 19.5 Å². The van der Waals surface area contributed by atoms with E-state index >= 15 is 0 Å². The van der Waals surface area contributed by atoms with Gasteiger partial charge in [-0.15, -0.1) is 0 Å². The number of aromatic nitrogens is 4. The summed E-state index contributed by atoms with van der Waals surface area (Å²) in [4.78, 5) is 23.0. The van der Waals surface area contributed by atoms with Crippen LogP contribution in [0.25, 0.3) is 22.6 Å². The Labute approximate surface area is 117 Å². The van der Waals surface area contributed by atoms with E-state index in [1.807, 2.05) is 0 Å². The molecule has 0 atom stereocenters. The van der Waals surface area contributed by atoms with Gasteiger partial charge >= 0.3 is 0 Å². The largest absolute Gasteiger partial charge is 0.337 e. The molecule has 0 saturated carbocycles. The van der Waals surface area contributed by atoms with Crippen LogP contribution < -0.4 is 5.56 Å². The Bertz CT molecular complexity index is 798. The lowest BCUT2D eigenvalue weighted by Crippen LogP contribution is -2.14. The first-order valence-electron chi connectivity index (χ1n) is 5.43. The van der Waals surface area contributed by atoms with Gasteiger partial charge in [-0.05, 0) is 12.1 Å². The van der Waals surface area contributed by atoms with Crippen LogP contribution in [0.3, 0.4) is 0 Å². The fourth-order valence-electron chi connectivity index (χ4n) is 1.73. The maximum atomic E-state index is 11.6. The molecule has 3 rings (SSSR count). The van der Waals surface area contributed by atoms with Crippen molar-refractivity contribution in [2.45, 2.75) is 0 Å². The zero-order valence-electron chi connectivity index (χ0n) is 9.82. The molecule has 3 aromatic heterocycles. The second-order valence-electron chi connectivity index (χ2n) is 4.08. The molecule has 0 aromatic carbocycles. The maximum Gasteiger partial charge on any atom is 0.250 e. The van der Waals surface area contributed by atoms with Gasteiger partial charge in [0, 0.05) is 24.9 Å². The van der Waals surface area contributed by atoms with Gasteiger partial charge in [0.05, 0.1) is 10.5 Å². The summed E-state index contributed by atoms with van der Waals surface area (Å²) in [5.41, 5.74) is 1.71. The van der Waals surface area contributed by atoms with Crippen molar-refractivity contribution in [2.75, 3.05) is 0 Å². The van der Waals surface area contributed by atoms with E-state index in [9.17, 15) is 4.79 Å². The molecule has 0 amide bonds. The molecule has 19 heavy (non-hydrogen) atoms. The van der Waals surface area contributed by atoms with Crippen LogP contribution in [-0.2, 0) is 7.05 Å². The predicted octanol–water partition coefficient (Wildman–Crippen LogP) is 2.63. The molecule has 0 bridgehead atoms. The van der Waals surface area contributed by atoms with Crippen molar-refractivity contribution in [3.05, 3.63) is 44.9 Å². The highest BCUT2D eigenvalue weighted by molar-refractivity contribution is 6.41. The van der Waals surface area contributed by atoms with Crippen LogP contribution in [0.5, 0.6) is 0 Å². The summed E-state index contributed by atoms with van der Waals surface area (Å²) in [5, 5.41) is 0.560. The number of nitrogens with one attached hydrogen (secondary N) is 1. The lowest BCUT2D eigenvalue weighted by atomic mass is 10.2. The maximum absolute atomic E-state index is 11.6. The van der Waals surface area contributed by atoms with Crippen molar-refractivity contribution in [1.29, 1.82) is 0 Å². The quantitative estimate of drug-likeness (QED) is 0.702. The number of imidazole rings is 1. The van der Waals surface area contributed by atoms with Crippen LogP contribution in [0, 0.1) is 0 Å². The zero-order valence-corrected chi connectivity index (χ0v) is 11.3. The molecule has 0 unspecified atom stereocenters. The number of nitrogens with zero attached hydrogens (tertiary/aromatic N) is 3. The van der Waals surface area contributed by atoms with Crippen molar-refractivity contribution < 1.29 is 0 Å². The molecule has 1 N–H and O–H groups in total. The number of pyridine rings is 2. The molecule has 3 aromatic rings. The van der Waals surface area contributed by atoms with Gasteiger partial charge in [0.25, 0.3) is 5.56 Å². The van der Waals surface area contributed by atoms with Gasteiger partial charge in [0.1, 0.15) is 11.0 Å². The number of rotatable bonds is 1. The lowest BCUT2D eigenvalue weighted by molar-refractivity contribution is 0.860. The van der Waals surface area contributed by atoms with Gasteiger partial charge < -0.3 is 9.55 Å². The third-order valence-electron chi connectivity index (χ3n) is 2.76. The first-order valence-corrected chi connectivity index (χ1v) is 6.19. The molecule has 0 spiro atoms. The first-order chi connectivity index (χ1) is 9.04. The standard InChI is InChI=1S/C12H8Cl2N4O/c1-18-3-2-6(4-9(18)19)11-15-8-5-7(13)10(14)16-12(8)17-11/h2-5H,1H3,(H,15,16,17). The van der Waals surface area contributed by atoms with E-state index in [4.69, 9.17) is 23.2 Å². The minimum atomic E-state index is -0.109. The van der Waals surface area contributed by atoms with Crippen LogP contribution in [0.1, 0.15) is 0 Å². The van der Waals surface area contributed by atoms with E-state index in [0.717, 1.165) is 0 Å². The predicted molar refractivity (Wildman–Crippen MR) is 74.6 cm³/mol. The van der Waals surface area contributed by atoms with Gasteiger partial charge in [-0.3, -0.25) is 4.79 Å². The number of fused-ring (bicyclic) bond motifs is 1. The number of aromatic amines is 1. The monoisotopic (exact) mass is 294 g/mol. The van der Waals surface area contributed by atoms with Crippen LogP contribution >= 0.6 is 23.2 Å². The second kappa shape index (κ2) is 4.36. The highest BCUT2D eigenvalue weighted by Crippen LogP contribution is 2.25. The molecule has 96 valence electrons. The minimum absolute atomic E-state index is 0.109. The van der Waals surface area contributed by atoms with Crippen molar-refractivity contribution >= 4 is 34.4 Å². The number of hydrogen-bond acceptors (Lipinski definition) is 3. The summed E-state index contributed by atoms with van der Waals surface area (Å²) in [5.74, 6) is 0.554. The third kappa shape index (κ3) is 2.11. The van der Waals surface area contributed by atoms with Crippen molar-refractivity contribution in [3.8, 4) is 11.4 Å². The smallest absolute Gasteiger partial charge is 0.250 e. The highest BCUT2D eigenvalue weighted by atomic mass is 35.5. The van der Waals surface area contributed by atoms with Gasteiger partial charge in [0.15, 0.2) is 5.65 Å². The average Bonchev–Trinajstić information content (AvgIpc) is 2.76. The Morgan fingerprint density at radius 2 is 2.05 bits per heavy atom. The highest BCUT2D eigenvalue weighted by Gasteiger charge is 2.10. The number of H-pyrrole nitrogens is 1. The number of halogens is 2. The molecule has 0 aliphatic heterocycles. The van der Waals surface area contributed by atoms with Crippen LogP contribution in [0.2, 0.25) is 10.2 Å². The topological polar surface area (TPSA) is 63.6 Å². The fourth-order valence-corrected chi connectivity index (χ4v) is 2.01. The Hall–Kier alpha value is -1.85. The first kappa shape index (κ1) is 12.2. The van der Waals surface area contributed by atoms with E-state index < -0.39 is 0 Å². The Kier molecular flexibility index (Phi) is 2.80. The molecule has 0 aliphatic carbocycles. The normalized spacial score (nSPS) is 11.1. The van der Waals surface area contributed by atoms with Crippen molar-refractivity contribution in [3.63, 3.8) is 0 Å². The Morgan fingerprint density at radius 3 is 2.79 bits per heavy atom. The summed E-state index contributed by atoms with van der Waals surface area (Å²) in [6.45, 7) is 0. The summed E-state index contributed by atoms with van der Waals surface area (Å²) < 4.78 is 1.48. The van der Waals surface area contributed by atoms with Gasteiger partial charge in [0.2, 0.25) is 0 Å². The molecule has 3 heterocycles. The molecular formula is C12H8Cl2N4O. The van der Waals surface area contributed by atoms with E-state index in [-0.39, 0.29) is 10.7 Å². The van der Waals surface area contributed by atoms with Crippen LogP contribution in [0.4, 0.5) is 0 Å². The fraction of sp³-hybridized carbons (Fsp3) is 0.0833. The van der Waals surface area contributed by atoms with E-state index in [2.05, 4.69) is 15.0 Å². The van der Waals surface area contributed by atoms with Crippen LogP contribution in [-0.4, -0.2) is 19.5 Å². The molecule has 0 aliphatic rings. The number of aryl methyl sites for hydroxylation is 1. The molecule has 7 heteroatoms. The third-order valence-corrected chi connectivity index (χ3v) is 3.43. The van der Waals surface area contributed by atoms with Gasteiger partial charge in [-0.25, -0.2) is 9.97 Å². The van der Waals surface area contributed by atoms with Gasteiger partial charge in [-0.2, -0.15) is 0 Å². The summed E-state index contributed by atoms with van der Waals surface area (Å²) in [6.07, 6.45) is 1.68. The van der Waals surface area contributed by atoms with Crippen LogP contribution in [0.15, 0.2) is 29.2 Å². The second-order valence-corrected chi connectivity index (χ2v) is 4.85. The van der Waals surface area contributed by atoms with E-state index in [1.165, 1.54) is 10.6 Å². The van der Waals surface area contributed by atoms with E-state index in [0.29, 0.717) is 27.6 Å². The molecule has 0 fully saturated rings. The lowest BCUT2D eigenvalue weighted by Gasteiger charge is -1.98. The van der Waals surface area contributed by atoms with Crippen molar-refractivity contribution in [2.24, 2.45) is 7.05 Å². The molecule has 5 nitrogen and oxygen atoms in total. The minimum Gasteiger partial charge on any atom is -0.337 e. The van der Waals surface area contributed by atoms with Gasteiger partial charge in [-0.1, -0.05) is 23.2 Å². The molecule has 0 radical (unpaired) electrons. The Morgan fingerprint density at radius 1 is 1.26 bits per heavy atom. The summed E-state index contributed by atoms with van der Waals surface area (Å²) in [6, 6.07) is 4.95. The summed E-state index contributed by atoms with van der Waals surface area (Å²) >= 11 is 11.7. The SMILES string of the molecule is Cn1ccc(-c2nc3nc(Cl)c(Cl)cc3[nH]2)cc1=O. The summed E-state index contributed by atoms with van der Waals surface area (Å²) in [7, 11) is 1.69. The van der Waals surface area contributed by atoms with E-state index in [1.54, 1.807) is 25.4 Å².